The van der Waals surface area contributed by atoms with Crippen molar-refractivity contribution in [1.29, 1.82) is 0 Å². The van der Waals surface area contributed by atoms with Gasteiger partial charge in [0.15, 0.2) is 5.82 Å². The average molecular weight is 321 g/mol. The summed E-state index contributed by atoms with van der Waals surface area (Å²) < 4.78 is 6.09. The monoisotopic (exact) mass is 321 g/mol. The van der Waals surface area contributed by atoms with Crippen LogP contribution in [0.4, 0.5) is 0 Å². The summed E-state index contributed by atoms with van der Waals surface area (Å²) in [6.07, 6.45) is 9.19. The molecule has 5 heteroatoms. The van der Waals surface area contributed by atoms with Crippen molar-refractivity contribution >= 4 is 5.91 Å². The Balaban J connectivity index is 1.45. The summed E-state index contributed by atoms with van der Waals surface area (Å²) in [5.41, 5.74) is 2.95. The lowest BCUT2D eigenvalue weighted by molar-refractivity contribution is -0.117. The minimum absolute atomic E-state index is 0.0404. The summed E-state index contributed by atoms with van der Waals surface area (Å²) in [5, 5.41) is 3.00. The van der Waals surface area contributed by atoms with Crippen LogP contribution in [0.5, 0.6) is 5.75 Å². The van der Waals surface area contributed by atoms with Crippen LogP contribution in [0, 0.1) is 0 Å². The fourth-order valence-corrected chi connectivity index (χ4v) is 3.26. The summed E-state index contributed by atoms with van der Waals surface area (Å²) in [5.74, 6) is 1.54. The van der Waals surface area contributed by atoms with E-state index >= 15 is 0 Å². The largest absolute Gasteiger partial charge is 0.487 e. The third-order valence-electron chi connectivity index (χ3n) is 4.46. The molecule has 2 aromatic rings. The minimum atomic E-state index is -0.0455. The average Bonchev–Trinajstić information content (AvgIpc) is 3.29. The highest BCUT2D eigenvalue weighted by atomic mass is 16.5. The van der Waals surface area contributed by atoms with Crippen molar-refractivity contribution in [3.63, 3.8) is 0 Å². The van der Waals surface area contributed by atoms with Gasteiger partial charge >= 0.3 is 0 Å². The number of carbonyl (C=O) groups is 1. The highest BCUT2D eigenvalue weighted by Gasteiger charge is 2.27. The molecule has 0 fully saturated rings. The molecule has 1 atom stereocenters. The molecule has 0 spiro atoms. The van der Waals surface area contributed by atoms with Gasteiger partial charge < -0.3 is 10.1 Å². The lowest BCUT2D eigenvalue weighted by Crippen LogP contribution is -2.35. The molecule has 1 unspecified atom stereocenters. The predicted molar refractivity (Wildman–Crippen MR) is 90.5 cm³/mol. The number of benzene rings is 1. The summed E-state index contributed by atoms with van der Waals surface area (Å²) in [7, 11) is 0. The lowest BCUT2D eigenvalue weighted by Gasteiger charge is -2.13. The SMILES string of the molecule is O=C(NCC1Cc2cccc(-c3ncccn3)c2O1)C1=CCCC1. The van der Waals surface area contributed by atoms with Crippen molar-refractivity contribution in [2.24, 2.45) is 0 Å². The second-order valence-electron chi connectivity index (χ2n) is 6.14. The van der Waals surface area contributed by atoms with Crippen molar-refractivity contribution in [3.8, 4) is 17.1 Å². The molecular weight excluding hydrogens is 302 g/mol. The van der Waals surface area contributed by atoms with E-state index in [1.807, 2.05) is 18.2 Å². The molecule has 2 aliphatic rings. The molecule has 1 aliphatic carbocycles. The van der Waals surface area contributed by atoms with E-state index in [4.69, 9.17) is 4.74 Å². The van der Waals surface area contributed by atoms with Crippen LogP contribution in [0.3, 0.4) is 0 Å². The molecule has 0 radical (unpaired) electrons. The summed E-state index contributed by atoms with van der Waals surface area (Å²) in [4.78, 5) is 20.7. The molecule has 4 rings (SSSR count). The van der Waals surface area contributed by atoms with Crippen LogP contribution in [0.2, 0.25) is 0 Å². The minimum Gasteiger partial charge on any atom is -0.487 e. The van der Waals surface area contributed by atoms with E-state index < -0.39 is 0 Å². The van der Waals surface area contributed by atoms with Crippen LogP contribution in [0.1, 0.15) is 24.8 Å². The molecule has 0 saturated heterocycles. The zero-order chi connectivity index (χ0) is 16.4. The Morgan fingerprint density at radius 1 is 1.25 bits per heavy atom. The zero-order valence-corrected chi connectivity index (χ0v) is 13.4. The van der Waals surface area contributed by atoms with E-state index in [0.717, 1.165) is 48.1 Å². The van der Waals surface area contributed by atoms with Crippen LogP contribution in [0.15, 0.2) is 48.3 Å². The van der Waals surface area contributed by atoms with Crippen LogP contribution in [0.25, 0.3) is 11.4 Å². The number of nitrogens with one attached hydrogen (secondary N) is 1. The summed E-state index contributed by atoms with van der Waals surface area (Å²) in [6, 6.07) is 7.82. The van der Waals surface area contributed by atoms with Gasteiger partial charge in [-0.25, -0.2) is 9.97 Å². The standard InChI is InChI=1S/C19H19N3O2/c23-19(13-5-1-2-6-13)22-12-15-11-14-7-3-8-16(17(14)24-15)18-20-9-4-10-21-18/h3-5,7-10,15H,1-2,6,11-12H2,(H,22,23). The van der Waals surface area contributed by atoms with Crippen LogP contribution < -0.4 is 10.1 Å². The van der Waals surface area contributed by atoms with Crippen LogP contribution >= 0.6 is 0 Å². The van der Waals surface area contributed by atoms with E-state index in [-0.39, 0.29) is 12.0 Å². The Kier molecular flexibility index (Phi) is 3.99. The van der Waals surface area contributed by atoms with Gasteiger partial charge in [-0.15, -0.1) is 0 Å². The second kappa shape index (κ2) is 6.43. The maximum Gasteiger partial charge on any atom is 0.247 e. The normalized spacial score (nSPS) is 18.7. The fourth-order valence-electron chi connectivity index (χ4n) is 3.26. The van der Waals surface area contributed by atoms with Gasteiger partial charge in [-0.3, -0.25) is 4.79 Å². The number of para-hydroxylation sites is 1. The van der Waals surface area contributed by atoms with Gasteiger partial charge in [0, 0.05) is 24.4 Å². The van der Waals surface area contributed by atoms with E-state index in [1.165, 1.54) is 0 Å². The van der Waals surface area contributed by atoms with Crippen molar-refractivity contribution in [3.05, 3.63) is 53.9 Å². The lowest BCUT2D eigenvalue weighted by atomic mass is 10.1. The van der Waals surface area contributed by atoms with Crippen molar-refractivity contribution < 1.29 is 9.53 Å². The van der Waals surface area contributed by atoms with Gasteiger partial charge in [0.1, 0.15) is 11.9 Å². The Labute approximate surface area is 140 Å². The molecule has 1 amide bonds. The molecular formula is C19H19N3O2. The number of aromatic nitrogens is 2. The zero-order valence-electron chi connectivity index (χ0n) is 13.4. The molecule has 1 N–H and O–H groups in total. The first-order valence-electron chi connectivity index (χ1n) is 8.34. The van der Waals surface area contributed by atoms with Gasteiger partial charge in [-0.05, 0) is 37.0 Å². The molecule has 2 heterocycles. The Morgan fingerprint density at radius 3 is 2.92 bits per heavy atom. The third-order valence-corrected chi connectivity index (χ3v) is 4.46. The van der Waals surface area contributed by atoms with Crippen LogP contribution in [-0.4, -0.2) is 28.5 Å². The number of carbonyl (C=O) groups excluding carboxylic acids is 1. The molecule has 24 heavy (non-hydrogen) atoms. The maximum absolute atomic E-state index is 12.1. The number of rotatable bonds is 4. The first-order chi connectivity index (χ1) is 11.8. The first kappa shape index (κ1) is 14.9. The number of fused-ring (bicyclic) bond motifs is 1. The van der Waals surface area contributed by atoms with Crippen molar-refractivity contribution in [1.82, 2.24) is 15.3 Å². The van der Waals surface area contributed by atoms with Gasteiger partial charge in [-0.1, -0.05) is 18.2 Å². The van der Waals surface area contributed by atoms with Crippen molar-refractivity contribution in [2.75, 3.05) is 6.54 Å². The second-order valence-corrected chi connectivity index (χ2v) is 6.14. The third kappa shape index (κ3) is 2.89. The number of allylic oxidation sites excluding steroid dienone is 1. The first-order valence-corrected chi connectivity index (χ1v) is 8.34. The van der Waals surface area contributed by atoms with E-state index in [0.29, 0.717) is 12.4 Å². The van der Waals surface area contributed by atoms with Gasteiger partial charge in [0.05, 0.1) is 12.1 Å². The summed E-state index contributed by atoms with van der Waals surface area (Å²) >= 11 is 0. The molecule has 1 aliphatic heterocycles. The van der Waals surface area contributed by atoms with Gasteiger partial charge in [0.2, 0.25) is 5.91 Å². The predicted octanol–water partition coefficient (Wildman–Crippen LogP) is 2.67. The van der Waals surface area contributed by atoms with Gasteiger partial charge in [-0.2, -0.15) is 0 Å². The molecule has 5 nitrogen and oxygen atoms in total. The van der Waals surface area contributed by atoms with E-state index in [1.54, 1.807) is 18.5 Å². The number of ether oxygens (including phenoxy) is 1. The topological polar surface area (TPSA) is 64.1 Å². The fraction of sp³-hybridized carbons (Fsp3) is 0.316. The molecule has 0 bridgehead atoms. The molecule has 1 aromatic carbocycles. The van der Waals surface area contributed by atoms with E-state index in [2.05, 4.69) is 21.4 Å². The number of amides is 1. The maximum atomic E-state index is 12.1. The number of nitrogens with zero attached hydrogens (tertiary/aromatic N) is 2. The summed E-state index contributed by atoms with van der Waals surface area (Å²) in [6.45, 7) is 0.514. The van der Waals surface area contributed by atoms with Crippen LogP contribution in [-0.2, 0) is 11.2 Å². The van der Waals surface area contributed by atoms with Crippen molar-refractivity contribution in [2.45, 2.75) is 31.8 Å². The van der Waals surface area contributed by atoms with E-state index in [9.17, 15) is 4.79 Å². The molecule has 1 aromatic heterocycles. The highest BCUT2D eigenvalue weighted by molar-refractivity contribution is 5.93. The Hall–Kier alpha value is -2.69. The highest BCUT2D eigenvalue weighted by Crippen LogP contribution is 2.37. The quantitative estimate of drug-likeness (QED) is 0.940. The number of hydrogen-bond donors (Lipinski definition) is 1. The Bertz CT molecular complexity index is 786. The smallest absolute Gasteiger partial charge is 0.247 e. The number of hydrogen-bond acceptors (Lipinski definition) is 4. The molecule has 0 saturated carbocycles. The Morgan fingerprint density at radius 2 is 2.12 bits per heavy atom. The van der Waals surface area contributed by atoms with Gasteiger partial charge in [0.25, 0.3) is 0 Å². The molecule has 122 valence electrons.